The fourth-order valence-electron chi connectivity index (χ4n) is 4.79. The summed E-state index contributed by atoms with van der Waals surface area (Å²) in [6, 6.07) is 0. The zero-order chi connectivity index (χ0) is 26.7. The van der Waals surface area contributed by atoms with Crippen LogP contribution in [-0.4, -0.2) is 116 Å². The van der Waals surface area contributed by atoms with E-state index in [2.05, 4.69) is 6.92 Å². The van der Waals surface area contributed by atoms with Crippen LogP contribution in [0.1, 0.15) is 78.1 Å². The lowest BCUT2D eigenvalue weighted by Crippen LogP contribution is -2.64. The van der Waals surface area contributed by atoms with E-state index in [4.69, 9.17) is 18.9 Å². The maximum absolute atomic E-state index is 10.8. The highest BCUT2D eigenvalue weighted by atomic mass is 16.7. The average Bonchev–Trinajstić information content (AvgIpc) is 2.87. The van der Waals surface area contributed by atoms with E-state index in [1.807, 2.05) is 6.92 Å². The molecule has 11 unspecified atom stereocenters. The van der Waals surface area contributed by atoms with Crippen molar-refractivity contribution in [3.63, 3.8) is 0 Å². The average molecular weight is 525 g/mol. The molecule has 2 rings (SSSR count). The van der Waals surface area contributed by atoms with E-state index in [0.717, 1.165) is 32.1 Å². The molecule has 0 radical (unpaired) electrons. The summed E-state index contributed by atoms with van der Waals surface area (Å²) < 4.78 is 22.7. The van der Waals surface area contributed by atoms with Crippen molar-refractivity contribution in [1.82, 2.24) is 0 Å². The summed E-state index contributed by atoms with van der Waals surface area (Å²) in [5.74, 6) is 0. The molecule has 0 aromatic heterocycles. The summed E-state index contributed by atoms with van der Waals surface area (Å²) in [5.41, 5.74) is 0. The molecular weight excluding hydrogens is 476 g/mol. The second-order valence-corrected chi connectivity index (χ2v) is 9.96. The summed E-state index contributed by atoms with van der Waals surface area (Å²) in [5, 5.41) is 70.9. The minimum absolute atomic E-state index is 0.181. The van der Waals surface area contributed by atoms with Gasteiger partial charge >= 0.3 is 0 Å². The van der Waals surface area contributed by atoms with Gasteiger partial charge in [-0.15, -0.1) is 0 Å². The van der Waals surface area contributed by atoms with Crippen molar-refractivity contribution in [2.45, 2.75) is 146 Å². The molecule has 2 aliphatic heterocycles. The predicted molar refractivity (Wildman–Crippen MR) is 129 cm³/mol. The van der Waals surface area contributed by atoms with Crippen molar-refractivity contribution in [2.24, 2.45) is 0 Å². The topological polar surface area (TPSA) is 179 Å². The number of ether oxygens (including phenoxy) is 4. The van der Waals surface area contributed by atoms with Gasteiger partial charge in [0.15, 0.2) is 12.6 Å². The first-order valence-electron chi connectivity index (χ1n) is 13.5. The Morgan fingerprint density at radius 2 is 1.19 bits per heavy atom. The molecule has 0 saturated carbocycles. The molecule has 0 amide bonds. The standard InChI is InChI=1S/C25H48O11/c1-3-5-6-7-8-9-10-12-15(11-4-2)33-24-22(32)20(30)23(17(14-27)35-24)36-25-21(31)19(29)18(28)16(13-26)34-25/h15-32H,3-14H2,1-2H3. The Labute approximate surface area is 214 Å². The molecule has 36 heavy (non-hydrogen) atoms. The van der Waals surface area contributed by atoms with E-state index in [-0.39, 0.29) is 6.10 Å². The van der Waals surface area contributed by atoms with E-state index in [9.17, 15) is 35.7 Å². The Kier molecular flexibility index (Phi) is 14.6. The molecule has 11 nitrogen and oxygen atoms in total. The fourth-order valence-corrected chi connectivity index (χ4v) is 4.79. The van der Waals surface area contributed by atoms with Crippen LogP contribution in [0.25, 0.3) is 0 Å². The third-order valence-electron chi connectivity index (χ3n) is 7.03. The number of rotatable bonds is 16. The zero-order valence-electron chi connectivity index (χ0n) is 21.6. The molecule has 7 N–H and O–H groups in total. The van der Waals surface area contributed by atoms with Gasteiger partial charge in [0.1, 0.15) is 48.8 Å². The summed E-state index contributed by atoms with van der Waals surface area (Å²) >= 11 is 0. The van der Waals surface area contributed by atoms with Crippen LogP contribution >= 0.6 is 0 Å². The second kappa shape index (κ2) is 16.5. The monoisotopic (exact) mass is 524 g/mol. The Morgan fingerprint density at radius 1 is 0.611 bits per heavy atom. The van der Waals surface area contributed by atoms with Gasteiger partial charge in [0.25, 0.3) is 0 Å². The molecule has 11 atom stereocenters. The number of hydrogen-bond donors (Lipinski definition) is 7. The van der Waals surface area contributed by atoms with Gasteiger partial charge in [-0.1, -0.05) is 65.2 Å². The van der Waals surface area contributed by atoms with Gasteiger partial charge in [-0.25, -0.2) is 0 Å². The maximum Gasteiger partial charge on any atom is 0.187 e. The molecule has 2 saturated heterocycles. The van der Waals surface area contributed by atoms with Crippen LogP contribution in [0.4, 0.5) is 0 Å². The molecule has 0 spiro atoms. The Morgan fingerprint density at radius 3 is 1.81 bits per heavy atom. The van der Waals surface area contributed by atoms with Crippen molar-refractivity contribution < 1.29 is 54.7 Å². The lowest BCUT2D eigenvalue weighted by atomic mass is 9.97. The van der Waals surface area contributed by atoms with E-state index in [1.165, 1.54) is 32.1 Å². The Hall–Kier alpha value is -0.440. The van der Waals surface area contributed by atoms with Gasteiger partial charge in [-0.2, -0.15) is 0 Å². The summed E-state index contributed by atoms with van der Waals surface area (Å²) in [6.45, 7) is 3.00. The van der Waals surface area contributed by atoms with Crippen molar-refractivity contribution in [3.8, 4) is 0 Å². The molecule has 214 valence electrons. The maximum atomic E-state index is 10.8. The van der Waals surface area contributed by atoms with E-state index >= 15 is 0 Å². The first kappa shape index (κ1) is 31.8. The summed E-state index contributed by atoms with van der Waals surface area (Å²) in [4.78, 5) is 0. The van der Waals surface area contributed by atoms with E-state index < -0.39 is 74.6 Å². The van der Waals surface area contributed by atoms with Gasteiger partial charge in [0.05, 0.1) is 19.3 Å². The minimum atomic E-state index is -1.70. The number of aliphatic hydroxyl groups excluding tert-OH is 7. The second-order valence-electron chi connectivity index (χ2n) is 9.96. The molecule has 2 heterocycles. The molecule has 11 heteroatoms. The first-order valence-corrected chi connectivity index (χ1v) is 13.5. The van der Waals surface area contributed by atoms with Gasteiger partial charge in [0.2, 0.25) is 0 Å². The molecular formula is C25H48O11. The lowest BCUT2D eigenvalue weighted by Gasteiger charge is -2.46. The van der Waals surface area contributed by atoms with Gasteiger partial charge in [0, 0.05) is 0 Å². The Balaban J connectivity index is 1.94. The van der Waals surface area contributed by atoms with E-state index in [1.54, 1.807) is 0 Å². The highest BCUT2D eigenvalue weighted by molar-refractivity contribution is 4.94. The van der Waals surface area contributed by atoms with E-state index in [0.29, 0.717) is 0 Å². The van der Waals surface area contributed by atoms with Crippen molar-refractivity contribution >= 4 is 0 Å². The quantitative estimate of drug-likeness (QED) is 0.134. The summed E-state index contributed by atoms with van der Waals surface area (Å²) in [6.07, 6.45) is -3.97. The molecule has 0 bridgehead atoms. The van der Waals surface area contributed by atoms with Crippen LogP contribution in [0.15, 0.2) is 0 Å². The molecule has 0 aliphatic carbocycles. The first-order chi connectivity index (χ1) is 17.3. The summed E-state index contributed by atoms with van der Waals surface area (Å²) in [7, 11) is 0. The van der Waals surface area contributed by atoms with Gasteiger partial charge < -0.3 is 54.7 Å². The van der Waals surface area contributed by atoms with Gasteiger partial charge in [-0.05, 0) is 12.8 Å². The third-order valence-corrected chi connectivity index (χ3v) is 7.03. The Bertz CT molecular complexity index is 578. The zero-order valence-corrected chi connectivity index (χ0v) is 21.6. The van der Waals surface area contributed by atoms with Gasteiger partial charge in [-0.3, -0.25) is 0 Å². The molecule has 2 fully saturated rings. The predicted octanol–water partition coefficient (Wildman–Crippen LogP) is -0.0635. The fraction of sp³-hybridized carbons (Fsp3) is 1.00. The molecule has 0 aromatic rings. The number of aliphatic hydroxyl groups is 7. The van der Waals surface area contributed by atoms with Crippen LogP contribution in [0, 0.1) is 0 Å². The van der Waals surface area contributed by atoms with Crippen molar-refractivity contribution in [3.05, 3.63) is 0 Å². The van der Waals surface area contributed by atoms with Crippen molar-refractivity contribution in [2.75, 3.05) is 13.2 Å². The third kappa shape index (κ3) is 8.81. The van der Waals surface area contributed by atoms with Crippen molar-refractivity contribution in [1.29, 1.82) is 0 Å². The van der Waals surface area contributed by atoms with Crippen LogP contribution in [0.5, 0.6) is 0 Å². The lowest BCUT2D eigenvalue weighted by molar-refractivity contribution is -0.363. The highest BCUT2D eigenvalue weighted by Crippen LogP contribution is 2.30. The highest BCUT2D eigenvalue weighted by Gasteiger charge is 2.51. The smallest absolute Gasteiger partial charge is 0.187 e. The van der Waals surface area contributed by atoms with Crippen LogP contribution in [0.3, 0.4) is 0 Å². The number of hydrogen-bond acceptors (Lipinski definition) is 11. The SMILES string of the molecule is CCCCCCCCCC(CCC)OC1OC(CO)C(OC2OC(CO)C(O)C(O)C2O)C(O)C1O. The largest absolute Gasteiger partial charge is 0.394 e. The van der Waals surface area contributed by atoms with Crippen LogP contribution in [-0.2, 0) is 18.9 Å². The van der Waals surface area contributed by atoms with Crippen LogP contribution < -0.4 is 0 Å². The molecule has 2 aliphatic rings. The number of unbranched alkanes of at least 4 members (excludes halogenated alkanes) is 6. The van der Waals surface area contributed by atoms with Crippen LogP contribution in [0.2, 0.25) is 0 Å². The molecule has 0 aromatic carbocycles. The minimum Gasteiger partial charge on any atom is -0.394 e. The normalized spacial score (nSPS) is 38.2.